The number of H-pyrrole nitrogens is 2. The Morgan fingerprint density at radius 3 is 1.62 bits per heavy atom. The zero-order valence-electron chi connectivity index (χ0n) is 25.4. The third-order valence-electron chi connectivity index (χ3n) is 8.26. The molecule has 7 heteroatoms. The molecule has 2 aliphatic rings. The number of hydrogen-bond acceptors (Lipinski definition) is 4. The molecule has 8 rings (SSSR count). The fourth-order valence-electron chi connectivity index (χ4n) is 6.00. The van der Waals surface area contributed by atoms with E-state index in [-0.39, 0.29) is 11.3 Å². The van der Waals surface area contributed by atoms with Gasteiger partial charge in [0.2, 0.25) is 0 Å². The van der Waals surface area contributed by atoms with Gasteiger partial charge >= 0.3 is 5.97 Å². The standard InChI is InChI=1S/C41H26N4O3/c46-38-22-12-25(23-31(38)41(47)48)11-15-30-32-18-20-36(44-32)39(26-7-3-1-4-8-26)34-16-13-28(42-34)24-29-14-17-35(43-29)40(27-9-5-2-6-10-27)37-21-19-33(30)45-37/h1-10,12-14,16-24,42-43,46H,(H,47,48). The molecule has 3 aromatic heterocycles. The number of aromatic carboxylic acids is 1. The summed E-state index contributed by atoms with van der Waals surface area (Å²) in [5.41, 5.74) is 11.2. The summed E-state index contributed by atoms with van der Waals surface area (Å²) in [6.45, 7) is 0. The molecule has 0 amide bonds. The van der Waals surface area contributed by atoms with Crippen molar-refractivity contribution >= 4 is 52.3 Å². The number of nitrogens with one attached hydrogen (secondary N) is 2. The van der Waals surface area contributed by atoms with Crippen molar-refractivity contribution in [3.63, 3.8) is 0 Å². The summed E-state index contributed by atoms with van der Waals surface area (Å²) in [4.78, 5) is 29.1. The first-order valence-electron chi connectivity index (χ1n) is 15.3. The van der Waals surface area contributed by atoms with Crippen molar-refractivity contribution in [2.75, 3.05) is 0 Å². The van der Waals surface area contributed by atoms with E-state index in [0.29, 0.717) is 22.5 Å². The summed E-state index contributed by atoms with van der Waals surface area (Å²) in [6, 6.07) is 34.8. The number of benzene rings is 3. The Morgan fingerprint density at radius 1 is 0.583 bits per heavy atom. The van der Waals surface area contributed by atoms with E-state index in [0.717, 1.165) is 55.7 Å². The molecule has 0 radical (unpaired) electrons. The second kappa shape index (κ2) is 11.8. The number of aromatic nitrogens is 4. The summed E-state index contributed by atoms with van der Waals surface area (Å²) in [5.74, 6) is 4.81. The van der Waals surface area contributed by atoms with Gasteiger partial charge in [-0.1, -0.05) is 72.5 Å². The van der Waals surface area contributed by atoms with Gasteiger partial charge in [-0.15, -0.1) is 0 Å². The molecule has 0 saturated heterocycles. The average molecular weight is 623 g/mol. The van der Waals surface area contributed by atoms with Gasteiger partial charge in [-0.2, -0.15) is 0 Å². The summed E-state index contributed by atoms with van der Waals surface area (Å²) in [7, 11) is 0. The van der Waals surface area contributed by atoms with Gasteiger partial charge in [0.25, 0.3) is 0 Å². The number of fused-ring (bicyclic) bond motifs is 8. The van der Waals surface area contributed by atoms with Gasteiger partial charge in [0.05, 0.1) is 28.3 Å². The van der Waals surface area contributed by atoms with Crippen molar-refractivity contribution in [3.05, 3.63) is 149 Å². The first-order chi connectivity index (χ1) is 23.5. The summed E-state index contributed by atoms with van der Waals surface area (Å²) >= 11 is 0. The Balaban J connectivity index is 1.48. The Kier molecular flexibility index (Phi) is 7.01. The van der Waals surface area contributed by atoms with Crippen LogP contribution in [0.15, 0.2) is 109 Å². The maximum Gasteiger partial charge on any atom is 0.339 e. The van der Waals surface area contributed by atoms with Crippen molar-refractivity contribution in [2.45, 2.75) is 0 Å². The Hall–Kier alpha value is -6.91. The van der Waals surface area contributed by atoms with E-state index in [1.807, 2.05) is 60.7 Å². The topological polar surface area (TPSA) is 115 Å². The molecule has 0 spiro atoms. The third-order valence-corrected chi connectivity index (χ3v) is 8.26. The zero-order chi connectivity index (χ0) is 32.6. The van der Waals surface area contributed by atoms with Gasteiger partial charge in [-0.3, -0.25) is 0 Å². The molecule has 0 atom stereocenters. The Labute approximate surface area is 275 Å². The van der Waals surface area contributed by atoms with Crippen molar-refractivity contribution in [1.82, 2.24) is 19.9 Å². The minimum absolute atomic E-state index is 0.218. The lowest BCUT2D eigenvalue weighted by atomic mass is 10.0. The first-order valence-corrected chi connectivity index (χ1v) is 15.3. The highest BCUT2D eigenvalue weighted by Gasteiger charge is 2.17. The molecule has 228 valence electrons. The van der Waals surface area contributed by atoms with E-state index in [9.17, 15) is 15.0 Å². The van der Waals surface area contributed by atoms with Crippen molar-refractivity contribution < 1.29 is 15.0 Å². The minimum atomic E-state index is -1.23. The quantitative estimate of drug-likeness (QED) is 0.147. The Morgan fingerprint density at radius 2 is 1.10 bits per heavy atom. The number of rotatable bonds is 3. The first kappa shape index (κ1) is 28.6. The fraction of sp³-hybridized carbons (Fsp3) is 0. The fourth-order valence-corrected chi connectivity index (χ4v) is 6.00. The van der Waals surface area contributed by atoms with Gasteiger partial charge in [0.1, 0.15) is 11.3 Å². The number of hydrogen-bond donors (Lipinski definition) is 4. The van der Waals surface area contributed by atoms with Gasteiger partial charge in [0.15, 0.2) is 0 Å². The number of carboxylic acid groups (broad SMARTS) is 1. The van der Waals surface area contributed by atoms with E-state index < -0.39 is 5.97 Å². The third kappa shape index (κ3) is 5.34. The number of carbonyl (C=O) groups is 1. The molecule has 5 heterocycles. The molecule has 3 aromatic carbocycles. The molecule has 0 fully saturated rings. The van der Waals surface area contributed by atoms with Crippen LogP contribution in [-0.2, 0) is 0 Å². The number of aromatic hydroxyl groups is 1. The summed E-state index contributed by atoms with van der Waals surface area (Å²) < 4.78 is 0. The normalized spacial score (nSPS) is 11.7. The van der Waals surface area contributed by atoms with Crippen LogP contribution in [0.5, 0.6) is 5.75 Å². The minimum Gasteiger partial charge on any atom is -0.507 e. The van der Waals surface area contributed by atoms with Crippen molar-refractivity contribution in [1.29, 1.82) is 0 Å². The lowest BCUT2D eigenvalue weighted by Gasteiger charge is -2.04. The average Bonchev–Trinajstić information content (AvgIpc) is 3.93. The molecule has 0 saturated carbocycles. The molecule has 6 aromatic rings. The van der Waals surface area contributed by atoms with E-state index in [4.69, 9.17) is 9.97 Å². The van der Waals surface area contributed by atoms with Crippen LogP contribution in [0.1, 0.15) is 44.3 Å². The van der Waals surface area contributed by atoms with Crippen LogP contribution in [0, 0.1) is 11.8 Å². The molecular weight excluding hydrogens is 596 g/mol. The molecule has 8 bridgehead atoms. The molecule has 48 heavy (non-hydrogen) atoms. The van der Waals surface area contributed by atoms with Crippen LogP contribution in [0.2, 0.25) is 0 Å². The molecular formula is C41H26N4O3. The lowest BCUT2D eigenvalue weighted by molar-refractivity contribution is 0.0693. The van der Waals surface area contributed by atoms with Crippen LogP contribution >= 0.6 is 0 Å². The van der Waals surface area contributed by atoms with Crippen LogP contribution in [0.25, 0.3) is 68.6 Å². The number of carboxylic acids is 1. The van der Waals surface area contributed by atoms with E-state index in [2.05, 4.69) is 76.4 Å². The summed E-state index contributed by atoms with van der Waals surface area (Å²) in [6.07, 6.45) is 7.83. The highest BCUT2D eigenvalue weighted by atomic mass is 16.4. The Bertz CT molecular complexity index is 2410. The van der Waals surface area contributed by atoms with Crippen LogP contribution in [-0.4, -0.2) is 36.1 Å². The largest absolute Gasteiger partial charge is 0.507 e. The zero-order valence-corrected chi connectivity index (χ0v) is 25.4. The number of nitrogens with zero attached hydrogens (tertiary/aromatic N) is 2. The number of phenols is 1. The van der Waals surface area contributed by atoms with Gasteiger partial charge in [-0.25, -0.2) is 14.8 Å². The number of aromatic amines is 2. The summed E-state index contributed by atoms with van der Waals surface area (Å²) in [5, 5.41) is 19.6. The second-order valence-corrected chi connectivity index (χ2v) is 11.4. The van der Waals surface area contributed by atoms with Crippen LogP contribution in [0.3, 0.4) is 0 Å². The predicted octanol–water partition coefficient (Wildman–Crippen LogP) is 8.79. The maximum absolute atomic E-state index is 11.7. The highest BCUT2D eigenvalue weighted by Crippen LogP contribution is 2.33. The molecule has 2 aliphatic heterocycles. The highest BCUT2D eigenvalue weighted by molar-refractivity contribution is 5.94. The lowest BCUT2D eigenvalue weighted by Crippen LogP contribution is -1.97. The molecule has 0 unspecified atom stereocenters. The van der Waals surface area contributed by atoms with Crippen molar-refractivity contribution in [2.24, 2.45) is 0 Å². The smallest absolute Gasteiger partial charge is 0.339 e. The van der Waals surface area contributed by atoms with E-state index in [1.165, 1.54) is 12.1 Å². The van der Waals surface area contributed by atoms with Crippen molar-refractivity contribution in [3.8, 4) is 39.8 Å². The maximum atomic E-state index is 11.7. The van der Waals surface area contributed by atoms with E-state index >= 15 is 0 Å². The van der Waals surface area contributed by atoms with Gasteiger partial charge in [0, 0.05) is 38.8 Å². The SMILES string of the molecule is O=C(O)c1cc(C#Cc2c3nc(c(-c4ccccc4)c4ccc(cc5ccc([nH]5)c(-c5ccccc5)c5nc2C=C5)[nH]4)C=C3)ccc1O. The second-order valence-electron chi connectivity index (χ2n) is 11.4. The van der Waals surface area contributed by atoms with E-state index in [1.54, 1.807) is 6.07 Å². The molecule has 4 N–H and O–H groups in total. The predicted molar refractivity (Wildman–Crippen MR) is 191 cm³/mol. The van der Waals surface area contributed by atoms with Crippen LogP contribution in [0.4, 0.5) is 0 Å². The van der Waals surface area contributed by atoms with Crippen LogP contribution < -0.4 is 0 Å². The van der Waals surface area contributed by atoms with Gasteiger partial charge in [-0.05, 0) is 84.0 Å². The monoisotopic (exact) mass is 622 g/mol. The van der Waals surface area contributed by atoms with Gasteiger partial charge < -0.3 is 20.2 Å². The molecule has 7 nitrogen and oxygen atoms in total. The molecule has 0 aliphatic carbocycles.